The second kappa shape index (κ2) is 28.6. The molecule has 0 unspecified atom stereocenters. The largest absolute Gasteiger partial charge is 0.329 e. The standard InChI is InChI=1S/C28H67N9/c1-5-11-31-13-22-36(23-16-33-15-21-35(19-8-4)20-10-30)26-28-37(24-14-32-12-9-29)27-25-34(17-6-2)18-7-3/h31-33H,5-30H2,1-4H3. The normalized spacial score (nSPS) is 12.2. The molecule has 0 amide bonds. The van der Waals surface area contributed by atoms with Gasteiger partial charge in [0.2, 0.25) is 0 Å². The van der Waals surface area contributed by atoms with Crippen molar-refractivity contribution in [2.75, 3.05) is 131 Å². The van der Waals surface area contributed by atoms with Gasteiger partial charge in [-0.2, -0.15) is 0 Å². The van der Waals surface area contributed by atoms with E-state index in [1.165, 1.54) is 38.8 Å². The lowest BCUT2D eigenvalue weighted by Crippen LogP contribution is -2.45. The third-order valence-corrected chi connectivity index (χ3v) is 6.70. The quantitative estimate of drug-likeness (QED) is 0.0853. The molecule has 0 atom stereocenters. The third kappa shape index (κ3) is 23.3. The van der Waals surface area contributed by atoms with E-state index < -0.39 is 0 Å². The van der Waals surface area contributed by atoms with Gasteiger partial charge in [0.15, 0.2) is 0 Å². The average molecular weight is 530 g/mol. The SMILES string of the molecule is CCCNCCN(CCNCCN(CCC)CCN)CCN(CCNCCN)CCN(CCC)CCC. The van der Waals surface area contributed by atoms with Gasteiger partial charge in [0, 0.05) is 105 Å². The van der Waals surface area contributed by atoms with E-state index >= 15 is 0 Å². The van der Waals surface area contributed by atoms with Crippen molar-refractivity contribution in [3.63, 3.8) is 0 Å². The number of hydrogen-bond donors (Lipinski definition) is 5. The zero-order chi connectivity index (χ0) is 27.4. The summed E-state index contributed by atoms with van der Waals surface area (Å²) in [7, 11) is 0. The van der Waals surface area contributed by atoms with E-state index in [0.717, 1.165) is 111 Å². The summed E-state index contributed by atoms with van der Waals surface area (Å²) in [6, 6.07) is 0. The van der Waals surface area contributed by atoms with Gasteiger partial charge in [-0.05, 0) is 51.9 Å². The Hall–Kier alpha value is -0.360. The molecule has 0 saturated heterocycles. The molecule has 37 heavy (non-hydrogen) atoms. The van der Waals surface area contributed by atoms with Crippen LogP contribution in [-0.4, -0.2) is 150 Å². The van der Waals surface area contributed by atoms with Crippen molar-refractivity contribution in [1.29, 1.82) is 0 Å². The van der Waals surface area contributed by atoms with Crippen LogP contribution in [0.5, 0.6) is 0 Å². The van der Waals surface area contributed by atoms with E-state index in [9.17, 15) is 0 Å². The topological polar surface area (TPSA) is 101 Å². The molecule has 0 aromatic heterocycles. The molecule has 7 N–H and O–H groups in total. The Kier molecular flexibility index (Phi) is 28.4. The highest BCUT2D eigenvalue weighted by Crippen LogP contribution is 1.98. The van der Waals surface area contributed by atoms with E-state index in [1.807, 2.05) is 0 Å². The minimum absolute atomic E-state index is 0.703. The van der Waals surface area contributed by atoms with E-state index in [-0.39, 0.29) is 0 Å². The molecule has 0 heterocycles. The van der Waals surface area contributed by atoms with Crippen LogP contribution in [0.4, 0.5) is 0 Å². The number of nitrogens with two attached hydrogens (primary N) is 2. The van der Waals surface area contributed by atoms with Gasteiger partial charge in [0.05, 0.1) is 0 Å². The predicted octanol–water partition coefficient (Wildman–Crippen LogP) is 0.521. The van der Waals surface area contributed by atoms with Crippen LogP contribution in [0.1, 0.15) is 53.4 Å². The first-order valence-electron chi connectivity index (χ1n) is 15.6. The molecule has 0 radical (unpaired) electrons. The third-order valence-electron chi connectivity index (χ3n) is 6.70. The van der Waals surface area contributed by atoms with Gasteiger partial charge in [-0.15, -0.1) is 0 Å². The second-order valence-corrected chi connectivity index (χ2v) is 10.2. The molecule has 0 bridgehead atoms. The number of hydrogen-bond acceptors (Lipinski definition) is 9. The van der Waals surface area contributed by atoms with Gasteiger partial charge in [-0.3, -0.25) is 9.80 Å². The maximum absolute atomic E-state index is 5.78. The smallest absolute Gasteiger partial charge is 0.0110 e. The molecule has 0 rings (SSSR count). The minimum Gasteiger partial charge on any atom is -0.329 e. The summed E-state index contributed by atoms with van der Waals surface area (Å²) >= 11 is 0. The Labute approximate surface area is 231 Å². The van der Waals surface area contributed by atoms with E-state index in [0.29, 0.717) is 6.54 Å². The van der Waals surface area contributed by atoms with Crippen molar-refractivity contribution in [1.82, 2.24) is 35.6 Å². The maximum atomic E-state index is 5.78. The second-order valence-electron chi connectivity index (χ2n) is 10.2. The summed E-state index contributed by atoms with van der Waals surface area (Å²) in [5, 5.41) is 10.8. The van der Waals surface area contributed by atoms with Crippen LogP contribution in [0.3, 0.4) is 0 Å². The molecule has 0 aromatic rings. The molecule has 0 spiro atoms. The summed E-state index contributed by atoms with van der Waals surface area (Å²) < 4.78 is 0. The van der Waals surface area contributed by atoms with Crippen molar-refractivity contribution >= 4 is 0 Å². The summed E-state index contributed by atoms with van der Waals surface area (Å²) in [5.74, 6) is 0. The van der Waals surface area contributed by atoms with Crippen molar-refractivity contribution in [3.05, 3.63) is 0 Å². The minimum atomic E-state index is 0.703. The van der Waals surface area contributed by atoms with Crippen LogP contribution < -0.4 is 27.4 Å². The van der Waals surface area contributed by atoms with Gasteiger partial charge < -0.3 is 37.2 Å². The lowest BCUT2D eigenvalue weighted by Gasteiger charge is -2.30. The van der Waals surface area contributed by atoms with Gasteiger partial charge in [0.1, 0.15) is 0 Å². The van der Waals surface area contributed by atoms with Crippen LogP contribution in [0.15, 0.2) is 0 Å². The molecule has 9 heteroatoms. The highest BCUT2D eigenvalue weighted by molar-refractivity contribution is 4.70. The Bertz CT molecular complexity index is 430. The molecular weight excluding hydrogens is 462 g/mol. The molecular formula is C28H67N9. The first-order valence-corrected chi connectivity index (χ1v) is 15.6. The van der Waals surface area contributed by atoms with Crippen molar-refractivity contribution in [2.24, 2.45) is 11.5 Å². The van der Waals surface area contributed by atoms with Gasteiger partial charge in [-0.25, -0.2) is 0 Å². The van der Waals surface area contributed by atoms with Crippen molar-refractivity contribution < 1.29 is 0 Å². The first-order chi connectivity index (χ1) is 18.1. The molecule has 0 aromatic carbocycles. The Morgan fingerprint density at radius 3 is 1.08 bits per heavy atom. The van der Waals surface area contributed by atoms with E-state index in [4.69, 9.17) is 11.5 Å². The van der Waals surface area contributed by atoms with Crippen LogP contribution in [0.25, 0.3) is 0 Å². The molecule has 0 saturated carbocycles. The van der Waals surface area contributed by atoms with Crippen LogP contribution in [0.2, 0.25) is 0 Å². The zero-order valence-corrected chi connectivity index (χ0v) is 25.4. The van der Waals surface area contributed by atoms with Crippen molar-refractivity contribution in [3.8, 4) is 0 Å². The van der Waals surface area contributed by atoms with E-state index in [2.05, 4.69) is 63.2 Å². The van der Waals surface area contributed by atoms with E-state index in [1.54, 1.807) is 0 Å². The summed E-state index contributed by atoms with van der Waals surface area (Å²) in [4.78, 5) is 10.4. The predicted molar refractivity (Wildman–Crippen MR) is 164 cm³/mol. The van der Waals surface area contributed by atoms with Crippen LogP contribution in [-0.2, 0) is 0 Å². The summed E-state index contributed by atoms with van der Waals surface area (Å²) in [6.45, 7) is 30.1. The lowest BCUT2D eigenvalue weighted by molar-refractivity contribution is 0.175. The van der Waals surface area contributed by atoms with Gasteiger partial charge in [-0.1, -0.05) is 27.7 Å². The fourth-order valence-electron chi connectivity index (χ4n) is 4.64. The highest BCUT2D eigenvalue weighted by Gasteiger charge is 2.12. The molecule has 0 fully saturated rings. The van der Waals surface area contributed by atoms with Gasteiger partial charge in [0.25, 0.3) is 0 Å². The Morgan fingerprint density at radius 2 is 0.703 bits per heavy atom. The van der Waals surface area contributed by atoms with Crippen LogP contribution in [0, 0.1) is 0 Å². The summed E-state index contributed by atoms with van der Waals surface area (Å²) in [6.07, 6.45) is 4.83. The van der Waals surface area contributed by atoms with Gasteiger partial charge >= 0.3 is 0 Å². The zero-order valence-electron chi connectivity index (χ0n) is 25.4. The van der Waals surface area contributed by atoms with Crippen LogP contribution >= 0.6 is 0 Å². The summed E-state index contributed by atoms with van der Waals surface area (Å²) in [5.41, 5.74) is 11.5. The average Bonchev–Trinajstić information content (AvgIpc) is 2.89. The maximum Gasteiger partial charge on any atom is 0.0110 e. The number of nitrogens with zero attached hydrogens (tertiary/aromatic N) is 4. The molecule has 0 aliphatic rings. The Morgan fingerprint density at radius 1 is 0.351 bits per heavy atom. The fraction of sp³-hybridized carbons (Fsp3) is 1.00. The highest BCUT2D eigenvalue weighted by atomic mass is 15.2. The number of nitrogens with one attached hydrogen (secondary N) is 3. The molecule has 224 valence electrons. The van der Waals surface area contributed by atoms with Crippen molar-refractivity contribution in [2.45, 2.75) is 53.4 Å². The monoisotopic (exact) mass is 530 g/mol. The molecule has 0 aliphatic heterocycles. The molecule has 9 nitrogen and oxygen atoms in total. The lowest BCUT2D eigenvalue weighted by atomic mass is 10.3. The first kappa shape index (κ1) is 36.6. The molecule has 0 aliphatic carbocycles. The Balaban J connectivity index is 4.75. The number of rotatable bonds is 30. The fourth-order valence-corrected chi connectivity index (χ4v) is 4.64.